The van der Waals surface area contributed by atoms with Crippen molar-refractivity contribution in [2.75, 3.05) is 6.54 Å². The summed E-state index contributed by atoms with van der Waals surface area (Å²) >= 11 is 0. The largest absolute Gasteiger partial charge is 0.314 e. The van der Waals surface area contributed by atoms with Crippen LogP contribution in [-0.2, 0) is 11.8 Å². The second kappa shape index (κ2) is 4.13. The van der Waals surface area contributed by atoms with Crippen molar-refractivity contribution >= 4 is 0 Å². The van der Waals surface area contributed by atoms with Crippen molar-refractivity contribution in [2.24, 2.45) is 5.92 Å². The maximum atomic E-state index is 3.61. The van der Waals surface area contributed by atoms with Crippen LogP contribution in [0.1, 0.15) is 44.2 Å². The molecular formula is C16H23N. The summed E-state index contributed by atoms with van der Waals surface area (Å²) < 4.78 is 0. The molecule has 0 aliphatic heterocycles. The van der Waals surface area contributed by atoms with Crippen molar-refractivity contribution in [1.82, 2.24) is 5.32 Å². The molecule has 1 fully saturated rings. The number of aryl methyl sites for hydroxylation is 1. The summed E-state index contributed by atoms with van der Waals surface area (Å²) in [7, 11) is 0. The molecule has 1 nitrogen and oxygen atoms in total. The van der Waals surface area contributed by atoms with Crippen LogP contribution in [0.15, 0.2) is 24.3 Å². The van der Waals surface area contributed by atoms with Crippen molar-refractivity contribution in [2.45, 2.75) is 51.0 Å². The fraction of sp³-hybridized carbons (Fsp3) is 0.625. The molecule has 0 aromatic heterocycles. The van der Waals surface area contributed by atoms with Crippen molar-refractivity contribution in [3.8, 4) is 0 Å². The van der Waals surface area contributed by atoms with Crippen molar-refractivity contribution in [3.63, 3.8) is 0 Å². The van der Waals surface area contributed by atoms with Gasteiger partial charge in [0.25, 0.3) is 0 Å². The average Bonchev–Trinajstić information content (AvgIpc) is 3.01. The predicted molar refractivity (Wildman–Crippen MR) is 72.3 cm³/mol. The minimum absolute atomic E-state index is 0.552. The van der Waals surface area contributed by atoms with E-state index in [2.05, 4.69) is 43.4 Å². The third kappa shape index (κ3) is 1.91. The quantitative estimate of drug-likeness (QED) is 0.838. The van der Waals surface area contributed by atoms with Gasteiger partial charge in [0.1, 0.15) is 0 Å². The van der Waals surface area contributed by atoms with Gasteiger partial charge in [0.15, 0.2) is 0 Å². The van der Waals surface area contributed by atoms with Gasteiger partial charge in [0.05, 0.1) is 0 Å². The lowest BCUT2D eigenvalue weighted by atomic mass is 9.78. The smallest absolute Gasteiger partial charge is 0.00104 e. The Labute approximate surface area is 105 Å². The summed E-state index contributed by atoms with van der Waals surface area (Å²) in [5, 5.41) is 3.61. The van der Waals surface area contributed by atoms with E-state index in [1.165, 1.54) is 32.2 Å². The van der Waals surface area contributed by atoms with E-state index in [0.717, 1.165) is 5.92 Å². The highest BCUT2D eigenvalue weighted by molar-refractivity contribution is 5.42. The zero-order valence-electron chi connectivity index (χ0n) is 11.0. The molecule has 0 saturated heterocycles. The number of rotatable bonds is 3. The standard InChI is InChI=1S/C16H23N/c1-12(2)17-11-14-10-16(14)9-5-7-13-6-3-4-8-15(13)16/h3-4,6,8,12,14,17H,5,7,9-11H2,1-2H3. The first-order chi connectivity index (χ1) is 8.22. The summed E-state index contributed by atoms with van der Waals surface area (Å²) in [5.74, 6) is 0.881. The van der Waals surface area contributed by atoms with Crippen LogP contribution in [0.2, 0.25) is 0 Å². The highest BCUT2D eigenvalue weighted by Gasteiger charge is 2.55. The molecule has 2 unspecified atom stereocenters. The molecule has 0 radical (unpaired) electrons. The lowest BCUT2D eigenvalue weighted by Crippen LogP contribution is -2.28. The zero-order valence-corrected chi connectivity index (χ0v) is 11.0. The Morgan fingerprint density at radius 3 is 3.00 bits per heavy atom. The van der Waals surface area contributed by atoms with E-state index in [1.54, 1.807) is 11.1 Å². The van der Waals surface area contributed by atoms with Crippen molar-refractivity contribution < 1.29 is 0 Å². The van der Waals surface area contributed by atoms with Gasteiger partial charge in [0, 0.05) is 6.04 Å². The minimum Gasteiger partial charge on any atom is -0.314 e. The molecule has 2 aliphatic rings. The van der Waals surface area contributed by atoms with Crippen LogP contribution >= 0.6 is 0 Å². The predicted octanol–water partition coefficient (Wildman–Crippen LogP) is 3.28. The number of fused-ring (bicyclic) bond motifs is 2. The lowest BCUT2D eigenvalue weighted by molar-refractivity contribution is 0.465. The van der Waals surface area contributed by atoms with E-state index in [1.807, 2.05) is 0 Å². The van der Waals surface area contributed by atoms with Crippen LogP contribution in [0.3, 0.4) is 0 Å². The Morgan fingerprint density at radius 2 is 2.18 bits per heavy atom. The van der Waals surface area contributed by atoms with E-state index in [0.29, 0.717) is 11.5 Å². The Hall–Kier alpha value is -0.820. The molecule has 1 heteroatoms. The molecule has 0 heterocycles. The van der Waals surface area contributed by atoms with Crippen molar-refractivity contribution in [1.29, 1.82) is 0 Å². The Morgan fingerprint density at radius 1 is 1.35 bits per heavy atom. The fourth-order valence-electron chi connectivity index (χ4n) is 3.62. The lowest BCUT2D eigenvalue weighted by Gasteiger charge is -2.27. The van der Waals surface area contributed by atoms with Gasteiger partial charge in [-0.05, 0) is 54.7 Å². The molecule has 1 saturated carbocycles. The van der Waals surface area contributed by atoms with E-state index in [4.69, 9.17) is 0 Å². The van der Waals surface area contributed by atoms with Crippen LogP contribution in [0.25, 0.3) is 0 Å². The molecule has 2 atom stereocenters. The molecule has 1 aromatic carbocycles. The highest BCUT2D eigenvalue weighted by atomic mass is 14.9. The van der Waals surface area contributed by atoms with E-state index >= 15 is 0 Å². The SMILES string of the molecule is CC(C)NCC1CC12CCCc1ccccc12. The van der Waals surface area contributed by atoms with Gasteiger partial charge in [-0.2, -0.15) is 0 Å². The summed E-state index contributed by atoms with van der Waals surface area (Å²) in [6.45, 7) is 5.68. The zero-order chi connectivity index (χ0) is 11.9. The second-order valence-electron chi connectivity index (χ2n) is 6.13. The highest BCUT2D eigenvalue weighted by Crippen LogP contribution is 2.59. The maximum Gasteiger partial charge on any atom is 0.00104 e. The monoisotopic (exact) mass is 229 g/mol. The third-order valence-electron chi connectivity index (χ3n) is 4.63. The number of benzene rings is 1. The molecule has 0 amide bonds. The van der Waals surface area contributed by atoms with Gasteiger partial charge < -0.3 is 5.32 Å². The van der Waals surface area contributed by atoms with Gasteiger partial charge in [0.2, 0.25) is 0 Å². The van der Waals surface area contributed by atoms with Crippen LogP contribution in [-0.4, -0.2) is 12.6 Å². The van der Waals surface area contributed by atoms with Gasteiger partial charge in [-0.25, -0.2) is 0 Å². The second-order valence-corrected chi connectivity index (χ2v) is 6.13. The van der Waals surface area contributed by atoms with E-state index in [9.17, 15) is 0 Å². The Kier molecular flexibility index (Phi) is 2.74. The third-order valence-corrected chi connectivity index (χ3v) is 4.63. The van der Waals surface area contributed by atoms with Crippen molar-refractivity contribution in [3.05, 3.63) is 35.4 Å². The molecule has 1 spiro atoms. The summed E-state index contributed by atoms with van der Waals surface area (Å²) in [6, 6.07) is 9.75. The number of nitrogens with one attached hydrogen (secondary N) is 1. The van der Waals surface area contributed by atoms with Crippen LogP contribution in [0, 0.1) is 5.92 Å². The Bertz CT molecular complexity index is 410. The average molecular weight is 229 g/mol. The van der Waals surface area contributed by atoms with Gasteiger partial charge in [-0.3, -0.25) is 0 Å². The summed E-state index contributed by atoms with van der Waals surface area (Å²) in [6.07, 6.45) is 5.50. The first kappa shape index (κ1) is 11.3. The molecular weight excluding hydrogens is 206 g/mol. The maximum absolute atomic E-state index is 3.61. The molecule has 2 aliphatic carbocycles. The van der Waals surface area contributed by atoms with Gasteiger partial charge in [-0.15, -0.1) is 0 Å². The number of hydrogen-bond donors (Lipinski definition) is 1. The summed E-state index contributed by atoms with van der Waals surface area (Å²) in [4.78, 5) is 0. The van der Waals surface area contributed by atoms with E-state index in [-0.39, 0.29) is 0 Å². The summed E-state index contributed by atoms with van der Waals surface area (Å²) in [5.41, 5.74) is 3.84. The minimum atomic E-state index is 0.552. The topological polar surface area (TPSA) is 12.0 Å². The van der Waals surface area contributed by atoms with Gasteiger partial charge in [-0.1, -0.05) is 38.1 Å². The first-order valence-electron chi connectivity index (χ1n) is 7.04. The van der Waals surface area contributed by atoms with Gasteiger partial charge >= 0.3 is 0 Å². The molecule has 3 rings (SSSR count). The van der Waals surface area contributed by atoms with Crippen LogP contribution in [0.4, 0.5) is 0 Å². The normalized spacial score (nSPS) is 30.6. The number of hydrogen-bond acceptors (Lipinski definition) is 1. The fourth-order valence-corrected chi connectivity index (χ4v) is 3.62. The van der Waals surface area contributed by atoms with Crippen LogP contribution in [0.5, 0.6) is 0 Å². The molecule has 92 valence electrons. The van der Waals surface area contributed by atoms with Crippen LogP contribution < -0.4 is 5.32 Å². The molecule has 17 heavy (non-hydrogen) atoms. The molecule has 1 N–H and O–H groups in total. The molecule has 1 aromatic rings. The Balaban J connectivity index is 1.78. The van der Waals surface area contributed by atoms with E-state index < -0.39 is 0 Å². The molecule has 0 bridgehead atoms. The first-order valence-corrected chi connectivity index (χ1v) is 7.04.